The Balaban J connectivity index is 1.94. The van der Waals surface area contributed by atoms with E-state index in [1.54, 1.807) is 0 Å². The molecule has 0 spiro atoms. The van der Waals surface area contributed by atoms with Crippen LogP contribution in [0.2, 0.25) is 5.02 Å². The third kappa shape index (κ3) is 2.17. The molecule has 1 aliphatic rings. The Morgan fingerprint density at radius 1 is 1.00 bits per heavy atom. The standard InChI is InChI=1S/C18H17ClN4/c1-10-8-20-9-15(11(10)2)14-6-13-4-5-18-22-21-12(3)23(18)17(13)7-16(14)19/h6-9H,4-5H2,1-3H3. The molecule has 0 radical (unpaired) electrons. The van der Waals surface area contributed by atoms with Crippen LogP contribution >= 0.6 is 11.6 Å². The molecule has 3 aromatic rings. The Morgan fingerprint density at radius 3 is 2.65 bits per heavy atom. The minimum absolute atomic E-state index is 0.736. The second-order valence-corrected chi connectivity index (χ2v) is 6.50. The van der Waals surface area contributed by atoms with Crippen molar-refractivity contribution in [1.82, 2.24) is 19.7 Å². The van der Waals surface area contributed by atoms with Crippen molar-refractivity contribution in [3.8, 4) is 16.8 Å². The lowest BCUT2D eigenvalue weighted by molar-refractivity contribution is 0.767. The smallest absolute Gasteiger partial charge is 0.137 e. The molecule has 0 atom stereocenters. The third-order valence-corrected chi connectivity index (χ3v) is 4.99. The van der Waals surface area contributed by atoms with Crippen LogP contribution in [0.15, 0.2) is 24.5 Å². The number of halogens is 1. The number of aryl methyl sites for hydroxylation is 4. The lowest BCUT2D eigenvalue weighted by atomic mass is 9.94. The molecule has 0 bridgehead atoms. The summed E-state index contributed by atoms with van der Waals surface area (Å²) >= 11 is 6.62. The molecule has 3 heterocycles. The fourth-order valence-corrected chi connectivity index (χ4v) is 3.51. The Bertz CT molecular complexity index is 927. The van der Waals surface area contributed by atoms with Crippen LogP contribution in [0.5, 0.6) is 0 Å². The van der Waals surface area contributed by atoms with Crippen molar-refractivity contribution in [2.45, 2.75) is 33.6 Å². The highest BCUT2D eigenvalue weighted by Crippen LogP contribution is 2.36. The predicted octanol–water partition coefficient (Wildman–Crippen LogP) is 4.01. The molecule has 4 rings (SSSR count). The quantitative estimate of drug-likeness (QED) is 0.679. The van der Waals surface area contributed by atoms with E-state index in [1.807, 2.05) is 25.4 Å². The number of hydrogen-bond acceptors (Lipinski definition) is 3. The first kappa shape index (κ1) is 14.4. The fourth-order valence-electron chi connectivity index (χ4n) is 3.25. The minimum Gasteiger partial charge on any atom is -0.283 e. The van der Waals surface area contributed by atoms with Gasteiger partial charge in [0.1, 0.15) is 11.6 Å². The van der Waals surface area contributed by atoms with Gasteiger partial charge < -0.3 is 0 Å². The zero-order chi connectivity index (χ0) is 16.1. The fraction of sp³-hybridized carbons (Fsp3) is 0.278. The van der Waals surface area contributed by atoms with Crippen molar-refractivity contribution in [2.75, 3.05) is 0 Å². The van der Waals surface area contributed by atoms with Crippen molar-refractivity contribution in [1.29, 1.82) is 0 Å². The summed E-state index contributed by atoms with van der Waals surface area (Å²) in [7, 11) is 0. The number of pyridine rings is 1. The highest BCUT2D eigenvalue weighted by Gasteiger charge is 2.22. The van der Waals surface area contributed by atoms with Crippen LogP contribution in [0, 0.1) is 20.8 Å². The number of fused-ring (bicyclic) bond motifs is 3. The molecule has 1 aliphatic heterocycles. The van der Waals surface area contributed by atoms with Gasteiger partial charge in [0.25, 0.3) is 0 Å². The molecule has 5 heteroatoms. The van der Waals surface area contributed by atoms with E-state index in [9.17, 15) is 0 Å². The van der Waals surface area contributed by atoms with Crippen molar-refractivity contribution >= 4 is 11.6 Å². The number of rotatable bonds is 1. The van der Waals surface area contributed by atoms with E-state index in [1.165, 1.54) is 16.7 Å². The molecule has 0 saturated heterocycles. The van der Waals surface area contributed by atoms with Gasteiger partial charge in [0.2, 0.25) is 0 Å². The van der Waals surface area contributed by atoms with Crippen molar-refractivity contribution in [3.63, 3.8) is 0 Å². The molecule has 0 unspecified atom stereocenters. The summed E-state index contributed by atoms with van der Waals surface area (Å²) in [6, 6.07) is 4.23. The zero-order valence-electron chi connectivity index (χ0n) is 13.4. The maximum absolute atomic E-state index is 6.62. The van der Waals surface area contributed by atoms with Gasteiger partial charge in [-0.15, -0.1) is 10.2 Å². The number of aromatic nitrogens is 4. The second kappa shape index (κ2) is 5.17. The van der Waals surface area contributed by atoms with Gasteiger partial charge in [-0.25, -0.2) is 0 Å². The van der Waals surface area contributed by atoms with Crippen LogP contribution in [0.3, 0.4) is 0 Å². The van der Waals surface area contributed by atoms with Gasteiger partial charge in [-0.2, -0.15) is 0 Å². The van der Waals surface area contributed by atoms with Crippen LogP contribution in [-0.2, 0) is 12.8 Å². The first-order valence-corrected chi connectivity index (χ1v) is 8.09. The summed E-state index contributed by atoms with van der Waals surface area (Å²) < 4.78 is 2.11. The topological polar surface area (TPSA) is 43.6 Å². The van der Waals surface area contributed by atoms with E-state index < -0.39 is 0 Å². The van der Waals surface area contributed by atoms with Gasteiger partial charge in [-0.3, -0.25) is 9.55 Å². The first-order chi connectivity index (χ1) is 11.1. The molecule has 23 heavy (non-hydrogen) atoms. The summed E-state index contributed by atoms with van der Waals surface area (Å²) in [4.78, 5) is 4.33. The highest BCUT2D eigenvalue weighted by molar-refractivity contribution is 6.33. The summed E-state index contributed by atoms with van der Waals surface area (Å²) in [6.45, 7) is 6.16. The number of nitrogens with zero attached hydrogens (tertiary/aromatic N) is 4. The van der Waals surface area contributed by atoms with Crippen LogP contribution < -0.4 is 0 Å². The molecule has 0 saturated carbocycles. The van der Waals surface area contributed by atoms with Gasteiger partial charge in [0, 0.05) is 29.9 Å². The normalized spacial score (nSPS) is 12.9. The molecule has 0 aliphatic carbocycles. The Hall–Kier alpha value is -2.20. The highest BCUT2D eigenvalue weighted by atomic mass is 35.5. The van der Waals surface area contributed by atoms with E-state index in [4.69, 9.17) is 11.6 Å². The van der Waals surface area contributed by atoms with Gasteiger partial charge in [-0.05, 0) is 56.0 Å². The summed E-state index contributed by atoms with van der Waals surface area (Å²) in [5, 5.41) is 9.18. The zero-order valence-corrected chi connectivity index (χ0v) is 14.1. The number of hydrogen-bond donors (Lipinski definition) is 0. The molecular formula is C18H17ClN4. The Labute approximate surface area is 140 Å². The van der Waals surface area contributed by atoms with Gasteiger partial charge in [-0.1, -0.05) is 11.6 Å². The number of benzene rings is 1. The van der Waals surface area contributed by atoms with E-state index >= 15 is 0 Å². The molecule has 116 valence electrons. The molecule has 0 amide bonds. The molecular weight excluding hydrogens is 308 g/mol. The maximum atomic E-state index is 6.62. The van der Waals surface area contributed by atoms with E-state index in [0.717, 1.165) is 46.3 Å². The van der Waals surface area contributed by atoms with Crippen LogP contribution in [0.1, 0.15) is 28.3 Å². The van der Waals surface area contributed by atoms with E-state index in [2.05, 4.69) is 39.7 Å². The Kier molecular flexibility index (Phi) is 3.23. The van der Waals surface area contributed by atoms with E-state index in [-0.39, 0.29) is 0 Å². The van der Waals surface area contributed by atoms with Crippen molar-refractivity contribution < 1.29 is 0 Å². The molecule has 2 aromatic heterocycles. The molecule has 1 aromatic carbocycles. The molecule has 4 nitrogen and oxygen atoms in total. The van der Waals surface area contributed by atoms with Crippen molar-refractivity contribution in [2.24, 2.45) is 0 Å². The van der Waals surface area contributed by atoms with Crippen LogP contribution in [0.4, 0.5) is 0 Å². The monoisotopic (exact) mass is 324 g/mol. The van der Waals surface area contributed by atoms with Crippen LogP contribution in [-0.4, -0.2) is 19.7 Å². The average molecular weight is 325 g/mol. The van der Waals surface area contributed by atoms with E-state index in [0.29, 0.717) is 0 Å². The van der Waals surface area contributed by atoms with Gasteiger partial charge in [0.05, 0.1) is 10.7 Å². The predicted molar refractivity (Wildman–Crippen MR) is 91.2 cm³/mol. The summed E-state index contributed by atoms with van der Waals surface area (Å²) in [5.41, 5.74) is 6.92. The largest absolute Gasteiger partial charge is 0.283 e. The minimum atomic E-state index is 0.736. The van der Waals surface area contributed by atoms with Gasteiger partial charge in [0.15, 0.2) is 0 Å². The first-order valence-electron chi connectivity index (χ1n) is 7.71. The van der Waals surface area contributed by atoms with Gasteiger partial charge >= 0.3 is 0 Å². The molecule has 0 fully saturated rings. The third-order valence-electron chi connectivity index (χ3n) is 4.68. The lowest BCUT2D eigenvalue weighted by Gasteiger charge is -2.21. The summed E-state index contributed by atoms with van der Waals surface area (Å²) in [6.07, 6.45) is 5.64. The van der Waals surface area contributed by atoms with Crippen LogP contribution in [0.25, 0.3) is 16.8 Å². The lowest BCUT2D eigenvalue weighted by Crippen LogP contribution is -2.13. The maximum Gasteiger partial charge on any atom is 0.137 e. The second-order valence-electron chi connectivity index (χ2n) is 6.09. The average Bonchev–Trinajstić information content (AvgIpc) is 2.91. The van der Waals surface area contributed by atoms with Crippen molar-refractivity contribution in [3.05, 3.63) is 57.9 Å². The molecule has 0 N–H and O–H groups in total. The SMILES string of the molecule is Cc1cncc(-c2cc3c(cc2Cl)-n2c(C)nnc2CC3)c1C. The Morgan fingerprint density at radius 2 is 1.83 bits per heavy atom. The summed E-state index contributed by atoms with van der Waals surface area (Å²) in [5.74, 6) is 1.91.